The van der Waals surface area contributed by atoms with E-state index >= 15 is 0 Å². The maximum atomic E-state index is 12.3. The van der Waals surface area contributed by atoms with Gasteiger partial charge in [0.15, 0.2) is 12.4 Å². The number of benzene rings is 1. The number of anilines is 2. The molecule has 0 saturated carbocycles. The molecular formula is C16H18Cl2N3O+. The molecule has 116 valence electrons. The lowest BCUT2D eigenvalue weighted by molar-refractivity contribution is -0.705. The summed E-state index contributed by atoms with van der Waals surface area (Å²) in [6.45, 7) is 1.83. The molecular weight excluding hydrogens is 321 g/mol. The minimum atomic E-state index is -0.358. The van der Waals surface area contributed by atoms with Gasteiger partial charge in [-0.25, -0.2) is 0 Å². The van der Waals surface area contributed by atoms with Crippen LogP contribution in [0.15, 0.2) is 42.7 Å². The van der Waals surface area contributed by atoms with E-state index in [2.05, 4.69) is 5.32 Å². The molecule has 6 heteroatoms. The first-order valence-electron chi connectivity index (χ1n) is 6.82. The largest absolute Gasteiger partial charge is 0.377 e. The smallest absolute Gasteiger partial charge is 0.293 e. The molecule has 0 aliphatic carbocycles. The molecule has 1 amide bonds. The zero-order valence-electron chi connectivity index (χ0n) is 12.7. The molecule has 1 aromatic heterocycles. The summed E-state index contributed by atoms with van der Waals surface area (Å²) in [6, 6.07) is 8.53. The van der Waals surface area contributed by atoms with Crippen molar-refractivity contribution in [1.82, 2.24) is 0 Å². The van der Waals surface area contributed by atoms with Gasteiger partial charge >= 0.3 is 0 Å². The number of halogens is 2. The van der Waals surface area contributed by atoms with E-state index in [1.54, 1.807) is 18.2 Å². The molecule has 4 nitrogen and oxygen atoms in total. The van der Waals surface area contributed by atoms with Crippen LogP contribution in [0.4, 0.5) is 11.4 Å². The maximum Gasteiger partial charge on any atom is 0.293 e. The summed E-state index contributed by atoms with van der Waals surface area (Å²) in [4.78, 5) is 14.3. The normalized spacial score (nSPS) is 11.9. The quantitative estimate of drug-likeness (QED) is 0.865. The number of nitrogens with zero attached hydrogens (tertiary/aromatic N) is 2. The van der Waals surface area contributed by atoms with E-state index < -0.39 is 0 Å². The van der Waals surface area contributed by atoms with Gasteiger partial charge in [0.05, 0.1) is 10.7 Å². The number of rotatable bonds is 4. The van der Waals surface area contributed by atoms with Crippen molar-refractivity contribution in [2.45, 2.75) is 13.0 Å². The summed E-state index contributed by atoms with van der Waals surface area (Å²) >= 11 is 11.9. The summed E-state index contributed by atoms with van der Waals surface area (Å²) in [5, 5.41) is 3.76. The SMILES string of the molecule is C[C@H](C(=O)Nc1ccc(Cl)cc1Cl)[n+]1ccc(N(C)C)cc1. The van der Waals surface area contributed by atoms with Crippen molar-refractivity contribution in [3.8, 4) is 0 Å². The molecule has 1 N–H and O–H groups in total. The van der Waals surface area contributed by atoms with Gasteiger partial charge in [-0.05, 0) is 18.2 Å². The van der Waals surface area contributed by atoms with E-state index in [0.29, 0.717) is 15.7 Å². The monoisotopic (exact) mass is 338 g/mol. The highest BCUT2D eigenvalue weighted by Crippen LogP contribution is 2.25. The van der Waals surface area contributed by atoms with Crippen molar-refractivity contribution in [1.29, 1.82) is 0 Å². The van der Waals surface area contributed by atoms with Gasteiger partial charge in [0, 0.05) is 43.9 Å². The lowest BCUT2D eigenvalue weighted by atomic mass is 10.2. The molecule has 0 aliphatic rings. The van der Waals surface area contributed by atoms with Crippen LogP contribution in [0.25, 0.3) is 0 Å². The molecule has 22 heavy (non-hydrogen) atoms. The Labute approximate surface area is 140 Å². The predicted molar refractivity (Wildman–Crippen MR) is 90.8 cm³/mol. The van der Waals surface area contributed by atoms with Crippen LogP contribution in [-0.2, 0) is 4.79 Å². The Hall–Kier alpha value is -1.78. The van der Waals surface area contributed by atoms with E-state index in [1.165, 1.54) is 0 Å². The number of amides is 1. The number of pyridine rings is 1. The molecule has 2 rings (SSSR count). The molecule has 0 unspecified atom stereocenters. The van der Waals surface area contributed by atoms with Crippen LogP contribution in [0.3, 0.4) is 0 Å². The van der Waals surface area contributed by atoms with E-state index in [-0.39, 0.29) is 11.9 Å². The summed E-state index contributed by atoms with van der Waals surface area (Å²) in [5.74, 6) is -0.146. The molecule has 1 atom stereocenters. The molecule has 0 saturated heterocycles. The van der Waals surface area contributed by atoms with Gasteiger partial charge in [-0.1, -0.05) is 23.2 Å². The molecule has 0 fully saturated rings. The van der Waals surface area contributed by atoms with Gasteiger partial charge in [-0.2, -0.15) is 4.57 Å². The maximum absolute atomic E-state index is 12.3. The van der Waals surface area contributed by atoms with Crippen molar-refractivity contribution in [2.75, 3.05) is 24.3 Å². The second-order valence-electron chi connectivity index (χ2n) is 5.19. The number of hydrogen-bond donors (Lipinski definition) is 1. The highest BCUT2D eigenvalue weighted by molar-refractivity contribution is 6.36. The summed E-state index contributed by atoms with van der Waals surface area (Å²) in [6.07, 6.45) is 3.76. The highest BCUT2D eigenvalue weighted by Gasteiger charge is 2.22. The Bertz CT molecular complexity index is 672. The Morgan fingerprint density at radius 2 is 1.82 bits per heavy atom. The molecule has 1 aromatic carbocycles. The van der Waals surface area contributed by atoms with Gasteiger partial charge in [-0.15, -0.1) is 0 Å². The van der Waals surface area contributed by atoms with Crippen LogP contribution < -0.4 is 14.8 Å². The van der Waals surface area contributed by atoms with Crippen LogP contribution in [0.1, 0.15) is 13.0 Å². The molecule has 0 radical (unpaired) electrons. The second-order valence-corrected chi connectivity index (χ2v) is 6.03. The van der Waals surface area contributed by atoms with Gasteiger partial charge in [0.25, 0.3) is 5.91 Å². The summed E-state index contributed by atoms with van der Waals surface area (Å²) < 4.78 is 1.84. The van der Waals surface area contributed by atoms with Crippen LogP contribution in [-0.4, -0.2) is 20.0 Å². The Kier molecular flexibility index (Phi) is 5.27. The Balaban J connectivity index is 2.11. The fourth-order valence-corrected chi connectivity index (χ4v) is 2.41. The van der Waals surface area contributed by atoms with Gasteiger partial charge in [-0.3, -0.25) is 4.79 Å². The van der Waals surface area contributed by atoms with Gasteiger partial charge in [0.2, 0.25) is 6.04 Å². The molecule has 1 heterocycles. The van der Waals surface area contributed by atoms with E-state index in [4.69, 9.17) is 23.2 Å². The average Bonchev–Trinajstić information content (AvgIpc) is 2.49. The Morgan fingerprint density at radius 1 is 1.18 bits per heavy atom. The second kappa shape index (κ2) is 6.99. The van der Waals surface area contributed by atoms with Crippen molar-refractivity contribution in [2.24, 2.45) is 0 Å². The minimum absolute atomic E-state index is 0.146. The van der Waals surface area contributed by atoms with Crippen LogP contribution in [0, 0.1) is 0 Å². The molecule has 0 bridgehead atoms. The first-order chi connectivity index (χ1) is 10.4. The summed E-state index contributed by atoms with van der Waals surface area (Å²) in [7, 11) is 3.94. The zero-order chi connectivity index (χ0) is 16.3. The van der Waals surface area contributed by atoms with E-state index in [0.717, 1.165) is 5.69 Å². The number of carbonyl (C=O) groups is 1. The number of carbonyl (C=O) groups excluding carboxylic acids is 1. The first kappa shape index (κ1) is 16.6. The number of hydrogen-bond acceptors (Lipinski definition) is 2. The number of aromatic nitrogens is 1. The molecule has 0 aliphatic heterocycles. The predicted octanol–water partition coefficient (Wildman–Crippen LogP) is 3.55. The average molecular weight is 339 g/mol. The molecule has 2 aromatic rings. The van der Waals surface area contributed by atoms with Crippen LogP contribution in [0.5, 0.6) is 0 Å². The zero-order valence-corrected chi connectivity index (χ0v) is 14.2. The van der Waals surface area contributed by atoms with Crippen molar-refractivity contribution in [3.63, 3.8) is 0 Å². The number of nitrogens with one attached hydrogen (secondary N) is 1. The Morgan fingerprint density at radius 3 is 2.36 bits per heavy atom. The third-order valence-electron chi connectivity index (χ3n) is 3.37. The van der Waals surface area contributed by atoms with Crippen molar-refractivity contribution < 1.29 is 9.36 Å². The van der Waals surface area contributed by atoms with Crippen molar-refractivity contribution >= 4 is 40.5 Å². The fraction of sp³-hybridized carbons (Fsp3) is 0.250. The standard InChI is InChI=1S/C16H17Cl2N3O/c1-11(21-8-6-13(7-9-21)20(2)3)16(22)19-15-5-4-12(17)10-14(15)18/h4-11H,1-3H3/p+1/t11-/m1/s1. The topological polar surface area (TPSA) is 36.2 Å². The minimum Gasteiger partial charge on any atom is -0.377 e. The van der Waals surface area contributed by atoms with Crippen LogP contribution in [0.2, 0.25) is 10.0 Å². The third-order valence-corrected chi connectivity index (χ3v) is 3.91. The van der Waals surface area contributed by atoms with Crippen molar-refractivity contribution in [3.05, 3.63) is 52.8 Å². The highest BCUT2D eigenvalue weighted by atomic mass is 35.5. The fourth-order valence-electron chi connectivity index (χ4n) is 1.95. The van der Waals surface area contributed by atoms with E-state index in [9.17, 15) is 4.79 Å². The lowest BCUT2D eigenvalue weighted by Gasteiger charge is -2.13. The first-order valence-corrected chi connectivity index (χ1v) is 7.58. The van der Waals surface area contributed by atoms with Gasteiger partial charge in [0.1, 0.15) is 0 Å². The van der Waals surface area contributed by atoms with Gasteiger partial charge < -0.3 is 10.2 Å². The summed E-state index contributed by atoms with van der Waals surface area (Å²) in [5.41, 5.74) is 1.62. The van der Waals surface area contributed by atoms with Crippen LogP contribution >= 0.6 is 23.2 Å². The molecule has 0 spiro atoms. The lowest BCUT2D eigenvalue weighted by Crippen LogP contribution is -2.44. The van der Waals surface area contributed by atoms with E-state index in [1.807, 2.05) is 55.0 Å². The third kappa shape index (κ3) is 3.90.